The second kappa shape index (κ2) is 8.49. The monoisotopic (exact) mass is 309 g/mol. The van der Waals surface area contributed by atoms with Gasteiger partial charge in [0.25, 0.3) is 5.91 Å². The first kappa shape index (κ1) is 16.4. The van der Waals surface area contributed by atoms with Crippen molar-refractivity contribution in [3.05, 3.63) is 24.0 Å². The second-order valence-corrected chi connectivity index (χ2v) is 7.04. The maximum Gasteiger partial charge on any atom is 0.268 e. The molecule has 2 heterocycles. The number of aromatic nitrogens is 1. The SMILES string of the molecule is CCSCCC(C)NC(=O)c1cccn1C1CCNCC1. The van der Waals surface area contributed by atoms with E-state index in [0.29, 0.717) is 6.04 Å². The van der Waals surface area contributed by atoms with Crippen molar-refractivity contribution in [1.82, 2.24) is 15.2 Å². The molecule has 1 aromatic heterocycles. The van der Waals surface area contributed by atoms with Crippen molar-refractivity contribution in [3.8, 4) is 0 Å². The Balaban J connectivity index is 1.91. The molecule has 1 aromatic rings. The van der Waals surface area contributed by atoms with Crippen LogP contribution in [0.5, 0.6) is 0 Å². The predicted octanol–water partition coefficient (Wildman–Crippen LogP) is 2.67. The van der Waals surface area contributed by atoms with Crippen LogP contribution < -0.4 is 10.6 Å². The van der Waals surface area contributed by atoms with E-state index >= 15 is 0 Å². The molecule has 1 atom stereocenters. The van der Waals surface area contributed by atoms with E-state index < -0.39 is 0 Å². The molecule has 118 valence electrons. The molecule has 1 aliphatic rings. The standard InChI is InChI=1S/C16H27N3OS/c1-3-21-12-8-13(2)18-16(20)15-5-4-11-19(15)14-6-9-17-10-7-14/h4-5,11,13-14,17H,3,6-10,12H2,1-2H3,(H,18,20). The molecule has 2 rings (SSSR count). The third-order valence-electron chi connectivity index (χ3n) is 3.99. The lowest BCUT2D eigenvalue weighted by atomic mass is 10.1. The van der Waals surface area contributed by atoms with Crippen LogP contribution in [0.3, 0.4) is 0 Å². The van der Waals surface area contributed by atoms with Gasteiger partial charge in [0.05, 0.1) is 0 Å². The van der Waals surface area contributed by atoms with Gasteiger partial charge in [0.1, 0.15) is 5.69 Å². The molecule has 1 aliphatic heterocycles. The lowest BCUT2D eigenvalue weighted by molar-refractivity contribution is 0.0926. The Kier molecular flexibility index (Phi) is 6.64. The van der Waals surface area contributed by atoms with Crippen LogP contribution >= 0.6 is 11.8 Å². The number of piperidine rings is 1. The summed E-state index contributed by atoms with van der Waals surface area (Å²) in [6.07, 6.45) is 5.26. The molecule has 1 saturated heterocycles. The molecule has 2 N–H and O–H groups in total. The highest BCUT2D eigenvalue weighted by atomic mass is 32.2. The molecule has 1 amide bonds. The number of nitrogens with one attached hydrogen (secondary N) is 2. The van der Waals surface area contributed by atoms with Crippen molar-refractivity contribution in [2.45, 2.75) is 45.2 Å². The summed E-state index contributed by atoms with van der Waals surface area (Å²) in [6.45, 7) is 6.33. The Morgan fingerprint density at radius 2 is 2.29 bits per heavy atom. The van der Waals surface area contributed by atoms with Crippen LogP contribution in [-0.4, -0.2) is 41.1 Å². The Morgan fingerprint density at radius 3 is 3.00 bits per heavy atom. The van der Waals surface area contributed by atoms with Gasteiger partial charge in [-0.05, 0) is 62.9 Å². The summed E-state index contributed by atoms with van der Waals surface area (Å²) in [7, 11) is 0. The minimum Gasteiger partial charge on any atom is -0.348 e. The fourth-order valence-electron chi connectivity index (χ4n) is 2.76. The summed E-state index contributed by atoms with van der Waals surface area (Å²) < 4.78 is 2.16. The number of nitrogens with zero attached hydrogens (tertiary/aromatic N) is 1. The van der Waals surface area contributed by atoms with E-state index in [0.717, 1.165) is 49.6 Å². The van der Waals surface area contributed by atoms with Crippen LogP contribution in [0.2, 0.25) is 0 Å². The van der Waals surface area contributed by atoms with Crippen molar-refractivity contribution in [3.63, 3.8) is 0 Å². The molecule has 0 saturated carbocycles. The quantitative estimate of drug-likeness (QED) is 0.761. The van der Waals surface area contributed by atoms with Gasteiger partial charge in [0, 0.05) is 18.3 Å². The molecule has 4 nitrogen and oxygen atoms in total. The van der Waals surface area contributed by atoms with Crippen LogP contribution in [0.4, 0.5) is 0 Å². The number of hydrogen-bond donors (Lipinski definition) is 2. The Morgan fingerprint density at radius 1 is 1.52 bits per heavy atom. The van der Waals surface area contributed by atoms with Gasteiger partial charge in [-0.25, -0.2) is 0 Å². The lowest BCUT2D eigenvalue weighted by Gasteiger charge is -2.26. The van der Waals surface area contributed by atoms with Crippen LogP contribution in [0.15, 0.2) is 18.3 Å². The molecule has 21 heavy (non-hydrogen) atoms. The van der Waals surface area contributed by atoms with Gasteiger partial charge < -0.3 is 15.2 Å². The highest BCUT2D eigenvalue weighted by Gasteiger charge is 2.20. The molecular weight excluding hydrogens is 282 g/mol. The number of amides is 1. The van der Waals surface area contributed by atoms with E-state index in [9.17, 15) is 4.79 Å². The minimum absolute atomic E-state index is 0.0625. The van der Waals surface area contributed by atoms with Crippen molar-refractivity contribution >= 4 is 17.7 Å². The normalized spacial score (nSPS) is 17.6. The summed E-state index contributed by atoms with van der Waals surface area (Å²) in [5.74, 6) is 2.31. The molecule has 1 unspecified atom stereocenters. The predicted molar refractivity (Wildman–Crippen MR) is 90.1 cm³/mol. The van der Waals surface area contributed by atoms with E-state index in [1.54, 1.807) is 0 Å². The molecule has 0 bridgehead atoms. The van der Waals surface area contributed by atoms with E-state index in [1.165, 1.54) is 0 Å². The molecule has 5 heteroatoms. The highest BCUT2D eigenvalue weighted by molar-refractivity contribution is 7.99. The van der Waals surface area contributed by atoms with Crippen LogP contribution in [-0.2, 0) is 0 Å². The molecule has 0 aliphatic carbocycles. The average Bonchev–Trinajstić information content (AvgIpc) is 2.98. The van der Waals surface area contributed by atoms with Crippen LogP contribution in [0.1, 0.15) is 49.6 Å². The first-order valence-electron chi connectivity index (χ1n) is 7.98. The smallest absolute Gasteiger partial charge is 0.268 e. The molecule has 0 radical (unpaired) electrons. The summed E-state index contributed by atoms with van der Waals surface area (Å²) in [6, 6.07) is 4.60. The van der Waals surface area contributed by atoms with Crippen molar-refractivity contribution < 1.29 is 4.79 Å². The summed E-state index contributed by atoms with van der Waals surface area (Å²) >= 11 is 1.92. The van der Waals surface area contributed by atoms with Gasteiger partial charge in [-0.1, -0.05) is 6.92 Å². The number of thioether (sulfide) groups is 1. The van der Waals surface area contributed by atoms with E-state index in [4.69, 9.17) is 0 Å². The minimum atomic E-state index is 0.0625. The van der Waals surface area contributed by atoms with Crippen LogP contribution in [0, 0.1) is 0 Å². The zero-order valence-electron chi connectivity index (χ0n) is 13.1. The van der Waals surface area contributed by atoms with Gasteiger partial charge in [-0.15, -0.1) is 0 Å². The Hall–Kier alpha value is -0.940. The maximum absolute atomic E-state index is 12.5. The van der Waals surface area contributed by atoms with Gasteiger partial charge in [-0.3, -0.25) is 4.79 Å². The number of hydrogen-bond acceptors (Lipinski definition) is 3. The maximum atomic E-state index is 12.5. The number of carbonyl (C=O) groups is 1. The zero-order valence-corrected chi connectivity index (χ0v) is 13.9. The summed E-state index contributed by atoms with van der Waals surface area (Å²) in [5.41, 5.74) is 0.803. The fraction of sp³-hybridized carbons (Fsp3) is 0.688. The van der Waals surface area contributed by atoms with E-state index in [2.05, 4.69) is 29.0 Å². The van der Waals surface area contributed by atoms with Gasteiger partial charge in [0.2, 0.25) is 0 Å². The van der Waals surface area contributed by atoms with Crippen LogP contribution in [0.25, 0.3) is 0 Å². The summed E-state index contributed by atoms with van der Waals surface area (Å²) in [5, 5.41) is 6.50. The largest absolute Gasteiger partial charge is 0.348 e. The Labute approximate surface area is 132 Å². The fourth-order valence-corrected chi connectivity index (χ4v) is 3.57. The summed E-state index contributed by atoms with van der Waals surface area (Å²) in [4.78, 5) is 12.5. The van der Waals surface area contributed by atoms with E-state index in [1.807, 2.05) is 30.1 Å². The molecule has 1 fully saturated rings. The van der Waals surface area contributed by atoms with Crippen molar-refractivity contribution in [1.29, 1.82) is 0 Å². The first-order valence-corrected chi connectivity index (χ1v) is 9.14. The first-order chi connectivity index (χ1) is 10.2. The Bertz CT molecular complexity index is 440. The third-order valence-corrected chi connectivity index (χ3v) is 4.92. The van der Waals surface area contributed by atoms with Crippen molar-refractivity contribution in [2.75, 3.05) is 24.6 Å². The third kappa shape index (κ3) is 4.78. The van der Waals surface area contributed by atoms with Crippen molar-refractivity contribution in [2.24, 2.45) is 0 Å². The van der Waals surface area contributed by atoms with Gasteiger partial charge in [-0.2, -0.15) is 11.8 Å². The van der Waals surface area contributed by atoms with Gasteiger partial charge in [0.15, 0.2) is 0 Å². The zero-order chi connectivity index (χ0) is 15.1. The second-order valence-electron chi connectivity index (χ2n) is 5.64. The van der Waals surface area contributed by atoms with Gasteiger partial charge >= 0.3 is 0 Å². The topological polar surface area (TPSA) is 46.1 Å². The lowest BCUT2D eigenvalue weighted by Crippen LogP contribution is -2.36. The van der Waals surface area contributed by atoms with E-state index in [-0.39, 0.29) is 11.9 Å². The molecule has 0 aromatic carbocycles. The molecule has 0 spiro atoms. The number of rotatable bonds is 7. The average molecular weight is 309 g/mol. The highest BCUT2D eigenvalue weighted by Crippen LogP contribution is 2.21. The number of carbonyl (C=O) groups excluding carboxylic acids is 1. The molecular formula is C16H27N3OS.